The summed E-state index contributed by atoms with van der Waals surface area (Å²) >= 11 is 0. The van der Waals surface area contributed by atoms with Gasteiger partial charge in [-0.25, -0.2) is 8.78 Å². The highest BCUT2D eigenvalue weighted by molar-refractivity contribution is 5.80. The average Bonchev–Trinajstić information content (AvgIpc) is 2.32. The molecular weight excluding hydrogens is 268 g/mol. The van der Waals surface area contributed by atoms with Gasteiger partial charge in [0.15, 0.2) is 0 Å². The van der Waals surface area contributed by atoms with Crippen LogP contribution in [-0.2, 0) is 16.0 Å². The molecule has 110 valence electrons. The maximum Gasteiger partial charge on any atom is 0.305 e. The number of carboxylic acids is 1. The topological polar surface area (TPSA) is 57.6 Å². The summed E-state index contributed by atoms with van der Waals surface area (Å²) in [7, 11) is 0. The summed E-state index contributed by atoms with van der Waals surface area (Å²) in [6, 6.07) is 2.55. The summed E-state index contributed by atoms with van der Waals surface area (Å²) in [5.74, 6) is -2.87. The molecule has 4 nitrogen and oxygen atoms in total. The highest BCUT2D eigenvalue weighted by Crippen LogP contribution is 2.13. The van der Waals surface area contributed by atoms with Gasteiger partial charge < -0.3 is 10.0 Å². The molecule has 1 atom stereocenters. The van der Waals surface area contributed by atoms with E-state index in [1.54, 1.807) is 13.8 Å². The Balaban J connectivity index is 2.79. The fourth-order valence-electron chi connectivity index (χ4n) is 2.03. The third kappa shape index (κ3) is 4.29. The molecule has 0 radical (unpaired) electrons. The predicted molar refractivity (Wildman–Crippen MR) is 69.2 cm³/mol. The van der Waals surface area contributed by atoms with E-state index in [9.17, 15) is 18.4 Å². The van der Waals surface area contributed by atoms with Crippen LogP contribution in [0, 0.1) is 11.6 Å². The van der Waals surface area contributed by atoms with Gasteiger partial charge in [-0.2, -0.15) is 0 Å². The number of carbonyl (C=O) groups excluding carboxylic acids is 1. The fourth-order valence-corrected chi connectivity index (χ4v) is 2.03. The van der Waals surface area contributed by atoms with Crippen molar-refractivity contribution in [1.29, 1.82) is 0 Å². The van der Waals surface area contributed by atoms with E-state index < -0.39 is 23.6 Å². The Kier molecular flexibility index (Phi) is 5.61. The van der Waals surface area contributed by atoms with E-state index in [2.05, 4.69) is 0 Å². The molecule has 1 amide bonds. The third-order valence-corrected chi connectivity index (χ3v) is 3.02. The van der Waals surface area contributed by atoms with Crippen LogP contribution in [0.1, 0.15) is 25.8 Å². The summed E-state index contributed by atoms with van der Waals surface area (Å²) in [6.07, 6.45) is -0.393. The van der Waals surface area contributed by atoms with E-state index >= 15 is 0 Å². The van der Waals surface area contributed by atoms with Crippen molar-refractivity contribution in [2.24, 2.45) is 0 Å². The van der Waals surface area contributed by atoms with Gasteiger partial charge in [0.1, 0.15) is 11.6 Å². The van der Waals surface area contributed by atoms with Crippen LogP contribution in [0.5, 0.6) is 0 Å². The van der Waals surface area contributed by atoms with Crippen molar-refractivity contribution >= 4 is 11.9 Å². The van der Waals surface area contributed by atoms with E-state index in [1.165, 1.54) is 11.0 Å². The molecule has 1 unspecified atom stereocenters. The van der Waals surface area contributed by atoms with Crippen LogP contribution in [0.15, 0.2) is 18.2 Å². The molecule has 0 saturated heterocycles. The lowest BCUT2D eigenvalue weighted by Gasteiger charge is -2.27. The van der Waals surface area contributed by atoms with Crippen LogP contribution in [0.2, 0.25) is 0 Å². The van der Waals surface area contributed by atoms with Crippen molar-refractivity contribution in [3.63, 3.8) is 0 Å². The van der Waals surface area contributed by atoms with Crippen LogP contribution < -0.4 is 0 Å². The molecule has 0 heterocycles. The summed E-state index contributed by atoms with van der Waals surface area (Å²) in [5.41, 5.74) is 0.0948. The first-order chi connectivity index (χ1) is 9.35. The van der Waals surface area contributed by atoms with E-state index in [-0.39, 0.29) is 24.3 Å². The van der Waals surface area contributed by atoms with Crippen molar-refractivity contribution in [2.45, 2.75) is 32.7 Å². The smallest absolute Gasteiger partial charge is 0.305 e. The highest BCUT2D eigenvalue weighted by atomic mass is 19.1. The second-order valence-electron chi connectivity index (χ2n) is 4.54. The Morgan fingerprint density at radius 1 is 1.35 bits per heavy atom. The number of carbonyl (C=O) groups is 2. The molecule has 0 bridgehead atoms. The van der Waals surface area contributed by atoms with Gasteiger partial charge in [0.2, 0.25) is 5.91 Å². The van der Waals surface area contributed by atoms with Crippen molar-refractivity contribution in [3.8, 4) is 0 Å². The molecule has 0 saturated carbocycles. The molecule has 0 aliphatic carbocycles. The van der Waals surface area contributed by atoms with Crippen LogP contribution >= 0.6 is 0 Å². The lowest BCUT2D eigenvalue weighted by atomic mass is 10.1. The number of aliphatic carboxylic acids is 1. The standard InChI is InChI=1S/C14H17F2NO3/c1-3-17(9(2)6-14(19)20)13(18)7-10-4-5-11(15)8-12(10)16/h4-5,8-9H,3,6-7H2,1-2H3,(H,19,20). The molecule has 0 aromatic heterocycles. The molecular formula is C14H17F2NO3. The molecule has 0 spiro atoms. The molecule has 1 aromatic rings. The monoisotopic (exact) mass is 285 g/mol. The minimum Gasteiger partial charge on any atom is -0.481 e. The SMILES string of the molecule is CCN(C(=O)Cc1ccc(F)cc1F)C(C)CC(=O)O. The quantitative estimate of drug-likeness (QED) is 0.872. The van der Waals surface area contributed by atoms with Gasteiger partial charge in [-0.15, -0.1) is 0 Å². The van der Waals surface area contributed by atoms with Crippen molar-refractivity contribution < 1.29 is 23.5 Å². The van der Waals surface area contributed by atoms with E-state index in [0.717, 1.165) is 12.1 Å². The fraction of sp³-hybridized carbons (Fsp3) is 0.429. The van der Waals surface area contributed by atoms with Gasteiger partial charge in [0, 0.05) is 18.7 Å². The lowest BCUT2D eigenvalue weighted by Crippen LogP contribution is -2.40. The Morgan fingerprint density at radius 3 is 2.50 bits per heavy atom. The van der Waals surface area contributed by atoms with Gasteiger partial charge in [-0.3, -0.25) is 9.59 Å². The van der Waals surface area contributed by atoms with Crippen molar-refractivity contribution in [3.05, 3.63) is 35.4 Å². The molecule has 0 fully saturated rings. The minimum atomic E-state index is -1.00. The first-order valence-corrected chi connectivity index (χ1v) is 6.30. The zero-order chi connectivity index (χ0) is 15.3. The average molecular weight is 285 g/mol. The Labute approximate surface area is 116 Å². The lowest BCUT2D eigenvalue weighted by molar-refractivity contribution is -0.140. The van der Waals surface area contributed by atoms with Crippen molar-refractivity contribution in [2.75, 3.05) is 6.54 Å². The zero-order valence-electron chi connectivity index (χ0n) is 11.4. The summed E-state index contributed by atoms with van der Waals surface area (Å²) in [6.45, 7) is 3.67. The summed E-state index contributed by atoms with van der Waals surface area (Å²) in [4.78, 5) is 24.1. The normalized spacial score (nSPS) is 12.0. The van der Waals surface area contributed by atoms with Crippen LogP contribution in [0.4, 0.5) is 8.78 Å². The second-order valence-corrected chi connectivity index (χ2v) is 4.54. The number of hydrogen-bond donors (Lipinski definition) is 1. The highest BCUT2D eigenvalue weighted by Gasteiger charge is 2.21. The number of amides is 1. The maximum absolute atomic E-state index is 13.5. The van der Waals surface area contributed by atoms with Gasteiger partial charge in [0.05, 0.1) is 12.8 Å². The Bertz CT molecular complexity index is 505. The number of halogens is 2. The number of hydrogen-bond acceptors (Lipinski definition) is 2. The van der Waals surface area contributed by atoms with E-state index in [0.29, 0.717) is 6.54 Å². The first-order valence-electron chi connectivity index (χ1n) is 6.30. The summed E-state index contributed by atoms with van der Waals surface area (Å²) in [5, 5.41) is 8.73. The maximum atomic E-state index is 13.5. The number of carboxylic acid groups (broad SMARTS) is 1. The summed E-state index contributed by atoms with van der Waals surface area (Å²) < 4.78 is 26.3. The van der Waals surface area contributed by atoms with Crippen LogP contribution in [0.25, 0.3) is 0 Å². The molecule has 1 aromatic carbocycles. The first kappa shape index (κ1) is 16.1. The van der Waals surface area contributed by atoms with Gasteiger partial charge in [-0.1, -0.05) is 6.07 Å². The van der Waals surface area contributed by atoms with Gasteiger partial charge in [0.25, 0.3) is 0 Å². The largest absolute Gasteiger partial charge is 0.481 e. The molecule has 1 N–H and O–H groups in total. The van der Waals surface area contributed by atoms with Crippen LogP contribution in [0.3, 0.4) is 0 Å². The minimum absolute atomic E-state index is 0.0948. The second kappa shape index (κ2) is 6.98. The molecule has 20 heavy (non-hydrogen) atoms. The third-order valence-electron chi connectivity index (χ3n) is 3.02. The van der Waals surface area contributed by atoms with Gasteiger partial charge in [-0.05, 0) is 25.5 Å². The molecule has 1 rings (SSSR count). The number of nitrogens with zero attached hydrogens (tertiary/aromatic N) is 1. The van der Waals surface area contributed by atoms with Crippen molar-refractivity contribution in [1.82, 2.24) is 4.90 Å². The Morgan fingerprint density at radius 2 is 2.00 bits per heavy atom. The molecule has 0 aliphatic rings. The van der Waals surface area contributed by atoms with Crippen LogP contribution in [-0.4, -0.2) is 34.5 Å². The number of rotatable bonds is 6. The molecule has 0 aliphatic heterocycles. The number of likely N-dealkylation sites (N-methyl/N-ethyl adjacent to an activating group) is 1. The predicted octanol–water partition coefficient (Wildman–Crippen LogP) is 2.22. The van der Waals surface area contributed by atoms with E-state index in [4.69, 9.17) is 5.11 Å². The Hall–Kier alpha value is -1.98. The van der Waals surface area contributed by atoms with Gasteiger partial charge >= 0.3 is 5.97 Å². The zero-order valence-corrected chi connectivity index (χ0v) is 11.4. The molecule has 6 heteroatoms. The van der Waals surface area contributed by atoms with E-state index in [1.807, 2.05) is 0 Å². The number of benzene rings is 1.